The first-order valence-electron chi connectivity index (χ1n) is 4.98. The molecule has 0 aliphatic carbocycles. The fraction of sp³-hybridized carbons (Fsp3) is 0.273. The van der Waals surface area contributed by atoms with Crippen LogP contribution in [-0.4, -0.2) is 23.5 Å². The predicted octanol–water partition coefficient (Wildman–Crippen LogP) is 1.92. The number of carboxylic acids is 1. The lowest BCUT2D eigenvalue weighted by atomic mass is 10.1. The molecule has 1 N–H and O–H groups in total. The fourth-order valence-corrected chi connectivity index (χ4v) is 2.10. The lowest BCUT2D eigenvalue weighted by Crippen LogP contribution is -2.27. The van der Waals surface area contributed by atoms with Gasteiger partial charge in [-0.1, -0.05) is 17.7 Å². The summed E-state index contributed by atoms with van der Waals surface area (Å²) >= 11 is 5.82. The van der Waals surface area contributed by atoms with Gasteiger partial charge in [-0.15, -0.1) is 0 Å². The molecule has 0 radical (unpaired) electrons. The molecule has 17 heavy (non-hydrogen) atoms. The second-order valence-corrected chi connectivity index (χ2v) is 4.22. The molecule has 90 valence electrons. The number of carboxylic acid groups (broad SMARTS) is 1. The molecular weight excluding hydrogens is 249 g/mol. The Kier molecular flexibility index (Phi) is 3.02. The van der Waals surface area contributed by atoms with Gasteiger partial charge >= 0.3 is 5.97 Å². The van der Waals surface area contributed by atoms with Gasteiger partial charge in [0.2, 0.25) is 5.91 Å². The maximum Gasteiger partial charge on any atom is 0.308 e. The number of rotatable bonds is 2. The normalized spacial score (nSPS) is 19.8. The van der Waals surface area contributed by atoms with E-state index in [1.54, 1.807) is 0 Å². The number of benzene rings is 1. The minimum atomic E-state index is -1.06. The van der Waals surface area contributed by atoms with Crippen LogP contribution in [0.2, 0.25) is 5.02 Å². The Balaban J connectivity index is 2.35. The third-order valence-electron chi connectivity index (χ3n) is 2.68. The van der Waals surface area contributed by atoms with Gasteiger partial charge in [-0.05, 0) is 12.1 Å². The van der Waals surface area contributed by atoms with Crippen LogP contribution in [0.5, 0.6) is 0 Å². The average Bonchev–Trinajstić information content (AvgIpc) is 2.61. The van der Waals surface area contributed by atoms with Crippen LogP contribution in [0.3, 0.4) is 0 Å². The van der Waals surface area contributed by atoms with E-state index in [1.807, 2.05) is 0 Å². The molecule has 1 saturated heterocycles. The van der Waals surface area contributed by atoms with Crippen LogP contribution in [0, 0.1) is 11.7 Å². The van der Waals surface area contributed by atoms with Crippen LogP contribution >= 0.6 is 11.6 Å². The van der Waals surface area contributed by atoms with E-state index in [4.69, 9.17) is 16.7 Å². The van der Waals surface area contributed by atoms with Crippen molar-refractivity contribution < 1.29 is 19.1 Å². The number of halogens is 2. The molecule has 1 aromatic rings. The first kappa shape index (κ1) is 11.9. The summed E-state index contributed by atoms with van der Waals surface area (Å²) in [5, 5.41) is 8.93. The van der Waals surface area contributed by atoms with E-state index >= 15 is 0 Å². The van der Waals surface area contributed by atoms with E-state index in [2.05, 4.69) is 0 Å². The Morgan fingerprint density at radius 2 is 2.24 bits per heavy atom. The SMILES string of the molecule is O=C(O)C1CC(=O)N(c2c(F)cccc2Cl)C1. The van der Waals surface area contributed by atoms with Crippen LogP contribution < -0.4 is 4.90 Å². The molecule has 1 unspecified atom stereocenters. The van der Waals surface area contributed by atoms with Crippen LogP contribution in [-0.2, 0) is 9.59 Å². The van der Waals surface area contributed by atoms with E-state index in [9.17, 15) is 14.0 Å². The molecular formula is C11H9ClFNO3. The molecule has 1 amide bonds. The highest BCUT2D eigenvalue weighted by Crippen LogP contribution is 2.33. The predicted molar refractivity (Wildman–Crippen MR) is 59.5 cm³/mol. The number of carbonyl (C=O) groups is 2. The third-order valence-corrected chi connectivity index (χ3v) is 2.99. The molecule has 6 heteroatoms. The van der Waals surface area contributed by atoms with Crippen molar-refractivity contribution in [3.05, 3.63) is 29.0 Å². The molecule has 1 aromatic carbocycles. The Morgan fingerprint density at radius 3 is 2.76 bits per heavy atom. The summed E-state index contributed by atoms with van der Waals surface area (Å²) < 4.78 is 13.6. The topological polar surface area (TPSA) is 57.6 Å². The fourth-order valence-electron chi connectivity index (χ4n) is 1.84. The minimum absolute atomic E-state index is 0.0390. The van der Waals surface area contributed by atoms with Crippen molar-refractivity contribution in [2.45, 2.75) is 6.42 Å². The number of nitrogens with zero attached hydrogens (tertiary/aromatic N) is 1. The Hall–Kier alpha value is -1.62. The van der Waals surface area contributed by atoms with Gasteiger partial charge in [-0.25, -0.2) is 4.39 Å². The lowest BCUT2D eigenvalue weighted by Gasteiger charge is -2.18. The summed E-state index contributed by atoms with van der Waals surface area (Å²) in [5.41, 5.74) is -0.0390. The van der Waals surface area contributed by atoms with Gasteiger partial charge in [-0.3, -0.25) is 9.59 Å². The number of carbonyl (C=O) groups excluding carboxylic acids is 1. The largest absolute Gasteiger partial charge is 0.481 e. The summed E-state index contributed by atoms with van der Waals surface area (Å²) in [6.45, 7) is -0.0468. The van der Waals surface area contributed by atoms with E-state index in [1.165, 1.54) is 18.2 Å². The molecule has 1 fully saturated rings. The zero-order valence-corrected chi connectivity index (χ0v) is 9.45. The molecule has 1 aliphatic heterocycles. The van der Waals surface area contributed by atoms with E-state index in [0.717, 1.165) is 4.90 Å². The van der Waals surface area contributed by atoms with Crippen molar-refractivity contribution in [3.8, 4) is 0 Å². The monoisotopic (exact) mass is 257 g/mol. The van der Waals surface area contributed by atoms with Crippen molar-refractivity contribution in [2.75, 3.05) is 11.4 Å². The second-order valence-electron chi connectivity index (χ2n) is 3.81. The molecule has 1 atom stereocenters. The van der Waals surface area contributed by atoms with Crippen LogP contribution in [0.15, 0.2) is 18.2 Å². The minimum Gasteiger partial charge on any atom is -0.481 e. The van der Waals surface area contributed by atoms with Crippen LogP contribution in [0.4, 0.5) is 10.1 Å². The number of hydrogen-bond acceptors (Lipinski definition) is 2. The van der Waals surface area contributed by atoms with Crippen molar-refractivity contribution in [1.29, 1.82) is 0 Å². The molecule has 0 aromatic heterocycles. The number of aliphatic carboxylic acids is 1. The quantitative estimate of drug-likeness (QED) is 0.881. The van der Waals surface area contributed by atoms with E-state index in [0.29, 0.717) is 0 Å². The number of anilines is 1. The lowest BCUT2D eigenvalue weighted by molar-refractivity contribution is -0.141. The molecule has 0 spiro atoms. The number of hydrogen-bond donors (Lipinski definition) is 1. The van der Waals surface area contributed by atoms with Crippen LogP contribution in [0.1, 0.15) is 6.42 Å². The first-order chi connectivity index (χ1) is 8.00. The Morgan fingerprint density at radius 1 is 1.53 bits per heavy atom. The highest BCUT2D eigenvalue weighted by Gasteiger charge is 2.36. The zero-order chi connectivity index (χ0) is 12.6. The molecule has 4 nitrogen and oxygen atoms in total. The van der Waals surface area contributed by atoms with Gasteiger partial charge in [0.05, 0.1) is 16.6 Å². The molecule has 0 bridgehead atoms. The van der Waals surface area contributed by atoms with Crippen LogP contribution in [0.25, 0.3) is 0 Å². The summed E-state index contributed by atoms with van der Waals surface area (Å²) in [5.74, 6) is -2.92. The average molecular weight is 258 g/mol. The number of para-hydroxylation sites is 1. The van der Waals surface area contributed by atoms with Gasteiger partial charge in [0.25, 0.3) is 0 Å². The zero-order valence-electron chi connectivity index (χ0n) is 8.69. The van der Waals surface area contributed by atoms with E-state index in [-0.39, 0.29) is 23.7 Å². The van der Waals surface area contributed by atoms with E-state index < -0.39 is 23.6 Å². The van der Waals surface area contributed by atoms with Gasteiger partial charge in [0.1, 0.15) is 5.82 Å². The summed E-state index contributed by atoms with van der Waals surface area (Å²) in [6, 6.07) is 4.07. The maximum absolute atomic E-state index is 13.6. The highest BCUT2D eigenvalue weighted by molar-refractivity contribution is 6.34. The van der Waals surface area contributed by atoms with Gasteiger partial charge in [-0.2, -0.15) is 0 Å². The maximum atomic E-state index is 13.6. The van der Waals surface area contributed by atoms with Crippen molar-refractivity contribution in [3.63, 3.8) is 0 Å². The smallest absolute Gasteiger partial charge is 0.308 e. The number of amides is 1. The second kappa shape index (κ2) is 4.33. The highest BCUT2D eigenvalue weighted by atomic mass is 35.5. The standard InChI is InChI=1S/C11H9ClFNO3/c12-7-2-1-3-8(13)10(7)14-5-6(11(16)17)4-9(14)15/h1-3,6H,4-5H2,(H,16,17). The summed E-state index contributed by atoms with van der Waals surface area (Å²) in [6.07, 6.45) is -0.125. The van der Waals surface area contributed by atoms with Crippen molar-refractivity contribution in [1.82, 2.24) is 0 Å². The van der Waals surface area contributed by atoms with Crippen molar-refractivity contribution in [2.24, 2.45) is 5.92 Å². The first-order valence-corrected chi connectivity index (χ1v) is 5.35. The Bertz CT molecular complexity index is 471. The summed E-state index contributed by atoms with van der Waals surface area (Å²) in [4.78, 5) is 23.5. The van der Waals surface area contributed by atoms with Gasteiger partial charge in [0, 0.05) is 13.0 Å². The molecule has 1 heterocycles. The molecule has 0 saturated carbocycles. The third kappa shape index (κ3) is 2.10. The molecule has 1 aliphatic rings. The summed E-state index contributed by atoms with van der Waals surface area (Å²) in [7, 11) is 0. The van der Waals surface area contributed by atoms with Gasteiger partial charge < -0.3 is 10.0 Å². The Labute approximate surface area is 102 Å². The van der Waals surface area contributed by atoms with Crippen molar-refractivity contribution >= 4 is 29.2 Å². The molecule has 2 rings (SSSR count). The van der Waals surface area contributed by atoms with Gasteiger partial charge in [0.15, 0.2) is 0 Å².